The quantitative estimate of drug-likeness (QED) is 0.290. The van der Waals surface area contributed by atoms with Crippen molar-refractivity contribution >= 4 is 22.5 Å². The van der Waals surface area contributed by atoms with Crippen LogP contribution in [0.15, 0.2) is 72.9 Å². The molecule has 0 radical (unpaired) electrons. The van der Waals surface area contributed by atoms with Gasteiger partial charge in [-0.2, -0.15) is 0 Å². The SMILES string of the molecule is OC[C@H]1O[C@@H](c2cn(Cc3ccc(-c4cccc(O)c4)cc3)c3c(Cl)cccc23)[C@H](O)[C@@H](O)[C@@H]1O. The largest absolute Gasteiger partial charge is 0.508 e. The molecule has 0 spiro atoms. The van der Waals surface area contributed by atoms with Gasteiger partial charge in [0.25, 0.3) is 0 Å². The maximum absolute atomic E-state index is 10.7. The number of fused-ring (bicyclic) bond motifs is 1. The summed E-state index contributed by atoms with van der Waals surface area (Å²) in [5.74, 6) is 0.209. The number of hydrogen-bond donors (Lipinski definition) is 5. The summed E-state index contributed by atoms with van der Waals surface area (Å²) in [6.07, 6.45) is -4.40. The number of rotatable bonds is 5. The van der Waals surface area contributed by atoms with E-state index in [1.807, 2.05) is 47.2 Å². The van der Waals surface area contributed by atoms with Gasteiger partial charge in [0.1, 0.15) is 36.3 Å². The van der Waals surface area contributed by atoms with Crippen LogP contribution in [-0.4, -0.2) is 61.1 Å². The number of halogens is 1. The number of aromatic hydroxyl groups is 1. The molecular weight excluding hydrogens is 470 g/mol. The Morgan fingerprint density at radius 3 is 2.31 bits per heavy atom. The Bertz CT molecular complexity index is 1340. The van der Waals surface area contributed by atoms with Gasteiger partial charge in [-0.05, 0) is 34.9 Å². The smallest absolute Gasteiger partial charge is 0.116 e. The minimum atomic E-state index is -1.46. The Labute approximate surface area is 207 Å². The minimum Gasteiger partial charge on any atom is -0.508 e. The lowest BCUT2D eigenvalue weighted by molar-refractivity contribution is -0.231. The zero-order valence-electron chi connectivity index (χ0n) is 18.7. The first-order chi connectivity index (χ1) is 16.9. The van der Waals surface area contributed by atoms with E-state index in [0.717, 1.165) is 27.6 Å². The van der Waals surface area contributed by atoms with E-state index < -0.39 is 37.1 Å². The van der Waals surface area contributed by atoms with Gasteiger partial charge in [-0.15, -0.1) is 0 Å². The Balaban J connectivity index is 1.50. The van der Waals surface area contributed by atoms with Crippen molar-refractivity contribution in [3.63, 3.8) is 0 Å². The first kappa shape index (κ1) is 23.8. The molecule has 0 unspecified atom stereocenters. The Kier molecular flexibility index (Phi) is 6.55. The van der Waals surface area contributed by atoms with Crippen LogP contribution >= 0.6 is 11.6 Å². The summed E-state index contributed by atoms with van der Waals surface area (Å²) >= 11 is 6.57. The third kappa shape index (κ3) is 4.43. The molecule has 5 rings (SSSR count). The third-order valence-corrected chi connectivity index (χ3v) is 6.87. The van der Waals surface area contributed by atoms with E-state index in [0.29, 0.717) is 17.1 Å². The number of aliphatic hydroxyl groups excluding tert-OH is 4. The van der Waals surface area contributed by atoms with Crippen LogP contribution in [0.2, 0.25) is 5.02 Å². The number of phenols is 1. The van der Waals surface area contributed by atoms with Gasteiger partial charge in [-0.3, -0.25) is 0 Å². The first-order valence-corrected chi connectivity index (χ1v) is 11.7. The molecule has 0 saturated carbocycles. The summed E-state index contributed by atoms with van der Waals surface area (Å²) in [5, 5.41) is 51.8. The monoisotopic (exact) mass is 495 g/mol. The van der Waals surface area contributed by atoms with E-state index in [4.69, 9.17) is 16.3 Å². The molecule has 2 heterocycles. The lowest BCUT2D eigenvalue weighted by atomic mass is 9.91. The van der Waals surface area contributed by atoms with Crippen LogP contribution in [0.1, 0.15) is 17.2 Å². The van der Waals surface area contributed by atoms with Crippen LogP contribution < -0.4 is 0 Å². The van der Waals surface area contributed by atoms with Crippen LogP contribution in [0, 0.1) is 0 Å². The standard InChI is InChI=1S/C27H26ClNO6/c28-21-6-2-5-19-20(27-26(34)25(33)24(32)22(14-30)35-27)13-29(23(19)21)12-15-7-9-16(10-8-15)17-3-1-4-18(31)11-17/h1-11,13,22,24-27,30-34H,12,14H2/t22-,24-,25+,26-,27+/m1/s1. The van der Waals surface area contributed by atoms with Crippen LogP contribution in [-0.2, 0) is 11.3 Å². The zero-order valence-corrected chi connectivity index (χ0v) is 19.5. The Hall–Kier alpha value is -2.91. The molecule has 0 amide bonds. The number of aromatic nitrogens is 1. The summed E-state index contributed by atoms with van der Waals surface area (Å²) in [6.45, 7) is -0.00957. The van der Waals surface area contributed by atoms with E-state index in [9.17, 15) is 25.5 Å². The van der Waals surface area contributed by atoms with E-state index in [2.05, 4.69) is 0 Å². The molecule has 8 heteroatoms. The van der Waals surface area contributed by atoms with Crippen molar-refractivity contribution in [3.05, 3.63) is 89.1 Å². The van der Waals surface area contributed by atoms with E-state index in [-0.39, 0.29) is 5.75 Å². The molecule has 1 saturated heterocycles. The van der Waals surface area contributed by atoms with Gasteiger partial charge in [0.2, 0.25) is 0 Å². The molecule has 4 aromatic rings. The van der Waals surface area contributed by atoms with Gasteiger partial charge in [0, 0.05) is 23.7 Å². The van der Waals surface area contributed by atoms with Crippen molar-refractivity contribution in [2.45, 2.75) is 37.1 Å². The van der Waals surface area contributed by atoms with Crippen molar-refractivity contribution < 1.29 is 30.3 Å². The fraction of sp³-hybridized carbons (Fsp3) is 0.259. The number of hydrogen-bond acceptors (Lipinski definition) is 6. The molecule has 35 heavy (non-hydrogen) atoms. The normalized spacial score (nSPS) is 24.7. The molecule has 5 atom stereocenters. The molecule has 0 aliphatic carbocycles. The second kappa shape index (κ2) is 9.62. The molecule has 1 aliphatic rings. The number of aliphatic hydroxyl groups is 4. The van der Waals surface area contributed by atoms with Gasteiger partial charge in [0.15, 0.2) is 0 Å². The molecule has 0 bridgehead atoms. The number of para-hydroxylation sites is 1. The number of ether oxygens (including phenoxy) is 1. The maximum Gasteiger partial charge on any atom is 0.116 e. The summed E-state index contributed by atoms with van der Waals surface area (Å²) < 4.78 is 7.77. The van der Waals surface area contributed by atoms with E-state index >= 15 is 0 Å². The van der Waals surface area contributed by atoms with Crippen molar-refractivity contribution in [1.82, 2.24) is 4.57 Å². The molecular formula is C27H26ClNO6. The van der Waals surface area contributed by atoms with Gasteiger partial charge in [0.05, 0.1) is 17.1 Å². The van der Waals surface area contributed by atoms with E-state index in [1.165, 1.54) is 0 Å². The fourth-order valence-corrected chi connectivity index (χ4v) is 5.02. The molecule has 5 N–H and O–H groups in total. The van der Waals surface area contributed by atoms with Gasteiger partial charge >= 0.3 is 0 Å². The van der Waals surface area contributed by atoms with E-state index in [1.54, 1.807) is 30.3 Å². The average molecular weight is 496 g/mol. The maximum atomic E-state index is 10.7. The summed E-state index contributed by atoms with van der Waals surface area (Å²) in [7, 11) is 0. The zero-order chi connectivity index (χ0) is 24.7. The second-order valence-electron chi connectivity index (χ2n) is 8.85. The fourth-order valence-electron chi connectivity index (χ4n) is 4.74. The average Bonchev–Trinajstić information content (AvgIpc) is 3.22. The summed E-state index contributed by atoms with van der Waals surface area (Å²) in [5.41, 5.74) is 4.25. The lowest BCUT2D eigenvalue weighted by Gasteiger charge is -2.40. The Morgan fingerprint density at radius 2 is 1.60 bits per heavy atom. The predicted octanol–water partition coefficient (Wildman–Crippen LogP) is 3.23. The number of phenolic OH excluding ortho intramolecular Hbond substituents is 1. The molecule has 182 valence electrons. The summed E-state index contributed by atoms with van der Waals surface area (Å²) in [6, 6.07) is 20.5. The molecule has 1 fully saturated rings. The second-order valence-corrected chi connectivity index (χ2v) is 9.25. The predicted molar refractivity (Wildman–Crippen MR) is 132 cm³/mol. The first-order valence-electron chi connectivity index (χ1n) is 11.3. The van der Waals surface area contributed by atoms with Gasteiger partial charge in [-0.25, -0.2) is 0 Å². The van der Waals surface area contributed by atoms with Crippen LogP contribution in [0.5, 0.6) is 5.75 Å². The van der Waals surface area contributed by atoms with Crippen molar-refractivity contribution in [3.8, 4) is 16.9 Å². The van der Waals surface area contributed by atoms with Crippen molar-refractivity contribution in [2.75, 3.05) is 6.61 Å². The van der Waals surface area contributed by atoms with Crippen LogP contribution in [0.4, 0.5) is 0 Å². The highest BCUT2D eigenvalue weighted by Gasteiger charge is 2.44. The highest BCUT2D eigenvalue weighted by Crippen LogP contribution is 2.39. The van der Waals surface area contributed by atoms with Crippen molar-refractivity contribution in [1.29, 1.82) is 0 Å². The topological polar surface area (TPSA) is 115 Å². The highest BCUT2D eigenvalue weighted by molar-refractivity contribution is 6.35. The molecule has 1 aliphatic heterocycles. The van der Waals surface area contributed by atoms with Gasteiger partial charge < -0.3 is 34.8 Å². The van der Waals surface area contributed by atoms with Crippen molar-refractivity contribution in [2.24, 2.45) is 0 Å². The lowest BCUT2D eigenvalue weighted by Crippen LogP contribution is -2.55. The molecule has 3 aromatic carbocycles. The van der Waals surface area contributed by atoms with Crippen LogP contribution in [0.25, 0.3) is 22.0 Å². The summed E-state index contributed by atoms with van der Waals surface area (Å²) in [4.78, 5) is 0. The minimum absolute atomic E-state index is 0.209. The number of nitrogens with zero attached hydrogens (tertiary/aromatic N) is 1. The molecule has 7 nitrogen and oxygen atoms in total. The van der Waals surface area contributed by atoms with Gasteiger partial charge in [-0.1, -0.05) is 60.1 Å². The molecule has 1 aromatic heterocycles. The number of benzene rings is 3. The highest BCUT2D eigenvalue weighted by atomic mass is 35.5. The third-order valence-electron chi connectivity index (χ3n) is 6.57. The van der Waals surface area contributed by atoms with Crippen LogP contribution in [0.3, 0.4) is 0 Å². The Morgan fingerprint density at radius 1 is 0.857 bits per heavy atom.